The summed E-state index contributed by atoms with van der Waals surface area (Å²) in [4.78, 5) is 9.39. The molecule has 0 saturated carbocycles. The molecule has 23 heavy (non-hydrogen) atoms. The van der Waals surface area contributed by atoms with Crippen molar-refractivity contribution >= 4 is 11.2 Å². The lowest BCUT2D eigenvalue weighted by Gasteiger charge is -2.22. The number of nitrogens with zero attached hydrogens (tertiary/aromatic N) is 3. The summed E-state index contributed by atoms with van der Waals surface area (Å²) in [6.07, 6.45) is 6.47. The van der Waals surface area contributed by atoms with Crippen molar-refractivity contribution in [2.75, 3.05) is 6.61 Å². The molecule has 2 aromatic heterocycles. The molecule has 1 aromatic carbocycles. The zero-order valence-corrected chi connectivity index (χ0v) is 13.4. The number of pyridine rings is 1. The molecule has 0 amide bonds. The quantitative estimate of drug-likeness (QED) is 0.738. The normalized spacial score (nSPS) is 18.4. The van der Waals surface area contributed by atoms with Gasteiger partial charge in [-0.05, 0) is 56.0 Å². The minimum atomic E-state index is 0.268. The lowest BCUT2D eigenvalue weighted by Crippen LogP contribution is -2.23. The van der Waals surface area contributed by atoms with Crippen LogP contribution < -0.4 is 0 Å². The second-order valence-electron chi connectivity index (χ2n) is 6.24. The molecule has 1 atom stereocenters. The minimum Gasteiger partial charge on any atom is -0.378 e. The summed E-state index contributed by atoms with van der Waals surface area (Å²) in [5, 5.41) is 0. The van der Waals surface area contributed by atoms with Crippen LogP contribution in [-0.2, 0) is 11.2 Å². The van der Waals surface area contributed by atoms with Gasteiger partial charge in [-0.1, -0.05) is 12.1 Å². The number of fused-ring (bicyclic) bond motifs is 1. The highest BCUT2D eigenvalue weighted by Gasteiger charge is 2.20. The fraction of sp³-hybridized carbons (Fsp3) is 0.368. The summed E-state index contributed by atoms with van der Waals surface area (Å²) in [5.41, 5.74) is 4.22. The molecular formula is C19H21N3O. The Balaban J connectivity index is 1.81. The van der Waals surface area contributed by atoms with E-state index in [1.165, 1.54) is 18.4 Å². The molecule has 3 aromatic rings. The first-order valence-corrected chi connectivity index (χ1v) is 8.32. The number of hydrogen-bond donors (Lipinski definition) is 0. The van der Waals surface area contributed by atoms with E-state index in [2.05, 4.69) is 40.7 Å². The third kappa shape index (κ3) is 2.86. The van der Waals surface area contributed by atoms with E-state index in [4.69, 9.17) is 9.72 Å². The maximum Gasteiger partial charge on any atom is 0.164 e. The molecular weight excluding hydrogens is 286 g/mol. The van der Waals surface area contributed by atoms with E-state index in [0.717, 1.165) is 42.1 Å². The Kier molecular flexibility index (Phi) is 3.83. The van der Waals surface area contributed by atoms with Crippen molar-refractivity contribution in [2.45, 2.75) is 38.7 Å². The van der Waals surface area contributed by atoms with E-state index in [0.29, 0.717) is 0 Å². The summed E-state index contributed by atoms with van der Waals surface area (Å²) >= 11 is 0. The molecule has 0 N–H and O–H groups in total. The third-order valence-electron chi connectivity index (χ3n) is 4.43. The summed E-state index contributed by atoms with van der Waals surface area (Å²) in [6.45, 7) is 2.98. The third-order valence-corrected chi connectivity index (χ3v) is 4.43. The van der Waals surface area contributed by atoms with Gasteiger partial charge in [-0.3, -0.25) is 4.57 Å². The van der Waals surface area contributed by atoms with Crippen LogP contribution in [0.2, 0.25) is 0 Å². The molecule has 1 saturated heterocycles. The van der Waals surface area contributed by atoms with Crippen LogP contribution in [0, 0.1) is 6.92 Å². The molecule has 1 aliphatic heterocycles. The largest absolute Gasteiger partial charge is 0.378 e. The van der Waals surface area contributed by atoms with E-state index in [9.17, 15) is 0 Å². The fourth-order valence-electron chi connectivity index (χ4n) is 3.31. The molecule has 0 spiro atoms. The Labute approximate surface area is 136 Å². The molecule has 1 aliphatic rings. The Morgan fingerprint density at radius 3 is 3.00 bits per heavy atom. The Morgan fingerprint density at radius 1 is 1.22 bits per heavy atom. The van der Waals surface area contributed by atoms with E-state index in [-0.39, 0.29) is 6.10 Å². The summed E-state index contributed by atoms with van der Waals surface area (Å²) in [7, 11) is 0. The van der Waals surface area contributed by atoms with Crippen molar-refractivity contribution in [2.24, 2.45) is 0 Å². The van der Waals surface area contributed by atoms with E-state index in [1.807, 2.05) is 18.3 Å². The highest BCUT2D eigenvalue weighted by molar-refractivity contribution is 5.73. The van der Waals surface area contributed by atoms with Crippen LogP contribution in [0.3, 0.4) is 0 Å². The summed E-state index contributed by atoms with van der Waals surface area (Å²) in [6, 6.07) is 12.5. The van der Waals surface area contributed by atoms with Gasteiger partial charge in [0, 0.05) is 24.9 Å². The molecule has 0 aliphatic carbocycles. The van der Waals surface area contributed by atoms with Crippen molar-refractivity contribution in [1.29, 1.82) is 0 Å². The van der Waals surface area contributed by atoms with Crippen molar-refractivity contribution < 1.29 is 4.74 Å². The van der Waals surface area contributed by atoms with Crippen molar-refractivity contribution in [3.63, 3.8) is 0 Å². The first-order valence-electron chi connectivity index (χ1n) is 8.32. The monoisotopic (exact) mass is 307 g/mol. The molecule has 3 heterocycles. The van der Waals surface area contributed by atoms with Gasteiger partial charge < -0.3 is 4.74 Å². The van der Waals surface area contributed by atoms with Gasteiger partial charge in [-0.25, -0.2) is 9.97 Å². The van der Waals surface area contributed by atoms with E-state index < -0.39 is 0 Å². The highest BCUT2D eigenvalue weighted by atomic mass is 16.5. The second kappa shape index (κ2) is 6.13. The first-order chi connectivity index (χ1) is 11.3. The van der Waals surface area contributed by atoms with Gasteiger partial charge in [0.2, 0.25) is 0 Å². The van der Waals surface area contributed by atoms with Gasteiger partial charge in [-0.2, -0.15) is 0 Å². The van der Waals surface area contributed by atoms with Crippen molar-refractivity contribution in [1.82, 2.24) is 14.5 Å². The molecule has 1 unspecified atom stereocenters. The molecule has 4 nitrogen and oxygen atoms in total. The number of imidazole rings is 1. The topological polar surface area (TPSA) is 39.9 Å². The Hall–Kier alpha value is -2.20. The molecule has 1 fully saturated rings. The second-order valence-corrected chi connectivity index (χ2v) is 6.24. The van der Waals surface area contributed by atoms with Gasteiger partial charge in [0.15, 0.2) is 5.65 Å². The molecule has 118 valence electrons. The van der Waals surface area contributed by atoms with Crippen LogP contribution >= 0.6 is 0 Å². The number of ether oxygens (including phenoxy) is 1. The van der Waals surface area contributed by atoms with Gasteiger partial charge >= 0.3 is 0 Å². The lowest BCUT2D eigenvalue weighted by atomic mass is 10.1. The van der Waals surface area contributed by atoms with Gasteiger partial charge in [0.1, 0.15) is 11.3 Å². The number of benzene rings is 1. The lowest BCUT2D eigenvalue weighted by molar-refractivity contribution is 0.0155. The maximum absolute atomic E-state index is 5.92. The highest BCUT2D eigenvalue weighted by Crippen LogP contribution is 2.24. The SMILES string of the molecule is Cc1cccc(-n2c(CC3CCCCO3)nc3cccnc32)c1. The summed E-state index contributed by atoms with van der Waals surface area (Å²) < 4.78 is 8.10. The average molecular weight is 307 g/mol. The van der Waals surface area contributed by atoms with Crippen molar-refractivity contribution in [3.8, 4) is 5.69 Å². The van der Waals surface area contributed by atoms with Crippen LogP contribution in [0.4, 0.5) is 0 Å². The van der Waals surface area contributed by atoms with Crippen molar-refractivity contribution in [3.05, 3.63) is 54.0 Å². The van der Waals surface area contributed by atoms with Crippen LogP contribution in [0.1, 0.15) is 30.7 Å². The van der Waals surface area contributed by atoms with Crippen LogP contribution in [0.5, 0.6) is 0 Å². The Morgan fingerprint density at radius 2 is 2.17 bits per heavy atom. The molecule has 4 rings (SSSR count). The van der Waals surface area contributed by atoms with E-state index >= 15 is 0 Å². The predicted molar refractivity (Wildman–Crippen MR) is 90.9 cm³/mol. The average Bonchev–Trinajstić information content (AvgIpc) is 2.93. The zero-order valence-electron chi connectivity index (χ0n) is 13.4. The molecule has 0 bridgehead atoms. The molecule has 0 radical (unpaired) electrons. The maximum atomic E-state index is 5.92. The van der Waals surface area contributed by atoms with Crippen LogP contribution in [-0.4, -0.2) is 27.2 Å². The first kappa shape index (κ1) is 14.4. The minimum absolute atomic E-state index is 0.268. The zero-order chi connectivity index (χ0) is 15.6. The number of hydrogen-bond acceptors (Lipinski definition) is 3. The van der Waals surface area contributed by atoms with Gasteiger partial charge in [0.25, 0.3) is 0 Å². The van der Waals surface area contributed by atoms with Crippen LogP contribution in [0.15, 0.2) is 42.6 Å². The van der Waals surface area contributed by atoms with Crippen LogP contribution in [0.25, 0.3) is 16.9 Å². The number of aryl methyl sites for hydroxylation is 1. The Bertz CT molecular complexity index is 818. The summed E-state index contributed by atoms with van der Waals surface area (Å²) in [5.74, 6) is 1.04. The van der Waals surface area contributed by atoms with E-state index in [1.54, 1.807) is 0 Å². The standard InChI is InChI=1S/C19H21N3O/c1-14-6-4-7-15(12-14)22-18(13-16-8-2-3-11-23-16)21-17-9-5-10-20-19(17)22/h4-7,9-10,12,16H,2-3,8,11,13H2,1H3. The van der Waals surface area contributed by atoms with Gasteiger partial charge in [-0.15, -0.1) is 0 Å². The van der Waals surface area contributed by atoms with Gasteiger partial charge in [0.05, 0.1) is 6.10 Å². The fourth-order valence-corrected chi connectivity index (χ4v) is 3.31. The predicted octanol–water partition coefficient (Wildman–Crippen LogP) is 3.84. The molecule has 4 heteroatoms. The number of aromatic nitrogens is 3. The smallest absolute Gasteiger partial charge is 0.164 e. The number of rotatable bonds is 3.